The van der Waals surface area contributed by atoms with Crippen LogP contribution in [0.5, 0.6) is 0 Å². The van der Waals surface area contributed by atoms with Gasteiger partial charge in [-0.25, -0.2) is 0 Å². The molecule has 2 fully saturated rings. The number of anilines is 1. The van der Waals surface area contributed by atoms with Crippen LogP contribution in [0.15, 0.2) is 18.2 Å². The molecular weight excluding hydrogens is 354 g/mol. The van der Waals surface area contributed by atoms with Crippen molar-refractivity contribution >= 4 is 23.2 Å². The van der Waals surface area contributed by atoms with Crippen molar-refractivity contribution in [3.05, 3.63) is 29.0 Å². The van der Waals surface area contributed by atoms with E-state index in [1.54, 1.807) is 10.7 Å². The summed E-state index contributed by atoms with van der Waals surface area (Å²) in [4.78, 5) is 12.6. The summed E-state index contributed by atoms with van der Waals surface area (Å²) >= 11 is 6.36. The van der Waals surface area contributed by atoms with Crippen molar-refractivity contribution in [1.29, 1.82) is 0 Å². The monoisotopic (exact) mass is 375 g/mol. The zero-order valence-corrected chi connectivity index (χ0v) is 15.4. The number of ether oxygens (including phenoxy) is 1. The molecule has 0 bridgehead atoms. The molecule has 2 heterocycles. The maximum atomic E-state index is 12.6. The van der Waals surface area contributed by atoms with E-state index in [-0.39, 0.29) is 11.8 Å². The molecule has 1 N–H and O–H groups in total. The van der Waals surface area contributed by atoms with Gasteiger partial charge in [-0.3, -0.25) is 4.79 Å². The molecule has 2 aromatic rings. The largest absolute Gasteiger partial charge is 0.381 e. The first-order valence-corrected chi connectivity index (χ1v) is 9.48. The molecule has 1 amide bonds. The summed E-state index contributed by atoms with van der Waals surface area (Å²) in [6, 6.07) is 5.41. The topological polar surface area (TPSA) is 81.9 Å². The van der Waals surface area contributed by atoms with Gasteiger partial charge in [0.1, 0.15) is 0 Å². The third kappa shape index (κ3) is 3.59. The van der Waals surface area contributed by atoms with Crippen LogP contribution in [-0.2, 0) is 9.53 Å². The van der Waals surface area contributed by atoms with E-state index in [1.165, 1.54) is 0 Å². The number of amides is 1. The van der Waals surface area contributed by atoms with Crippen molar-refractivity contribution < 1.29 is 9.53 Å². The SMILES string of the molecule is CC(C(=O)Nc1ccc(Cl)c(-n2nnnc2C2CC2)c1)C1CCOCC1. The maximum absolute atomic E-state index is 12.6. The van der Waals surface area contributed by atoms with E-state index >= 15 is 0 Å². The van der Waals surface area contributed by atoms with Crippen LogP contribution >= 0.6 is 11.6 Å². The summed E-state index contributed by atoms with van der Waals surface area (Å²) in [5, 5.41) is 15.6. The van der Waals surface area contributed by atoms with Crippen molar-refractivity contribution in [3.8, 4) is 5.69 Å². The fourth-order valence-corrected chi connectivity index (χ4v) is 3.60. The smallest absolute Gasteiger partial charge is 0.227 e. The van der Waals surface area contributed by atoms with Crippen LogP contribution in [0.1, 0.15) is 44.3 Å². The Balaban J connectivity index is 1.52. The van der Waals surface area contributed by atoms with E-state index in [9.17, 15) is 4.79 Å². The van der Waals surface area contributed by atoms with Gasteiger partial charge in [0, 0.05) is 30.7 Å². The predicted octanol–water partition coefficient (Wildman–Crippen LogP) is 3.19. The number of nitrogens with one attached hydrogen (secondary N) is 1. The van der Waals surface area contributed by atoms with Gasteiger partial charge in [-0.1, -0.05) is 18.5 Å². The summed E-state index contributed by atoms with van der Waals surface area (Å²) in [5.74, 6) is 1.53. The Hall–Kier alpha value is -1.99. The molecule has 26 heavy (non-hydrogen) atoms. The second-order valence-electron chi connectivity index (χ2n) is 7.12. The van der Waals surface area contributed by atoms with Crippen molar-refractivity contribution in [2.24, 2.45) is 11.8 Å². The van der Waals surface area contributed by atoms with Crippen LogP contribution in [0, 0.1) is 11.8 Å². The van der Waals surface area contributed by atoms with E-state index in [1.807, 2.05) is 19.1 Å². The maximum Gasteiger partial charge on any atom is 0.227 e. The van der Waals surface area contributed by atoms with E-state index in [4.69, 9.17) is 16.3 Å². The second-order valence-corrected chi connectivity index (χ2v) is 7.52. The predicted molar refractivity (Wildman–Crippen MR) is 97.5 cm³/mol. The number of halogens is 1. The number of aromatic nitrogens is 4. The first kappa shape index (κ1) is 17.4. The third-order valence-electron chi connectivity index (χ3n) is 5.26. The Morgan fingerprint density at radius 3 is 2.81 bits per heavy atom. The Kier molecular flexibility index (Phi) is 4.91. The molecular formula is C18H22ClN5O2. The van der Waals surface area contributed by atoms with E-state index in [2.05, 4.69) is 20.8 Å². The number of rotatable bonds is 5. The van der Waals surface area contributed by atoms with Gasteiger partial charge in [0.15, 0.2) is 5.82 Å². The van der Waals surface area contributed by atoms with Gasteiger partial charge in [-0.15, -0.1) is 5.10 Å². The minimum absolute atomic E-state index is 0.0179. The van der Waals surface area contributed by atoms with Gasteiger partial charge in [-0.2, -0.15) is 4.68 Å². The highest BCUT2D eigenvalue weighted by molar-refractivity contribution is 6.32. The minimum atomic E-state index is -0.0620. The molecule has 138 valence electrons. The molecule has 1 aliphatic heterocycles. The number of hydrogen-bond acceptors (Lipinski definition) is 5. The Morgan fingerprint density at radius 2 is 2.08 bits per heavy atom. The number of carbonyl (C=O) groups is 1. The van der Waals surface area contributed by atoms with Gasteiger partial charge in [-0.05, 0) is 60.2 Å². The molecule has 0 spiro atoms. The lowest BCUT2D eigenvalue weighted by molar-refractivity contribution is -0.122. The molecule has 8 heteroatoms. The molecule has 1 atom stereocenters. The quantitative estimate of drug-likeness (QED) is 0.867. The Labute approximate surface area is 157 Å². The average molecular weight is 376 g/mol. The normalized spacial score (nSPS) is 19.3. The fourth-order valence-electron chi connectivity index (χ4n) is 3.40. The minimum Gasteiger partial charge on any atom is -0.381 e. The lowest BCUT2D eigenvalue weighted by Crippen LogP contribution is -2.31. The van der Waals surface area contributed by atoms with E-state index < -0.39 is 0 Å². The Bertz CT molecular complexity index is 799. The van der Waals surface area contributed by atoms with Crippen LogP contribution in [0.3, 0.4) is 0 Å². The molecule has 0 radical (unpaired) electrons. The van der Waals surface area contributed by atoms with Crippen LogP contribution in [0.2, 0.25) is 5.02 Å². The third-order valence-corrected chi connectivity index (χ3v) is 5.58. The molecule has 1 aromatic carbocycles. The molecule has 2 aliphatic rings. The number of nitrogens with zero attached hydrogens (tertiary/aromatic N) is 4. The van der Waals surface area contributed by atoms with Crippen LogP contribution in [0.4, 0.5) is 5.69 Å². The number of carbonyl (C=O) groups excluding carboxylic acids is 1. The number of hydrogen-bond donors (Lipinski definition) is 1. The molecule has 1 saturated heterocycles. The van der Waals surface area contributed by atoms with Gasteiger partial charge in [0.2, 0.25) is 5.91 Å². The molecule has 1 aliphatic carbocycles. The van der Waals surface area contributed by atoms with Gasteiger partial charge < -0.3 is 10.1 Å². The fraction of sp³-hybridized carbons (Fsp3) is 0.556. The standard InChI is InChI=1S/C18H22ClN5O2/c1-11(12-6-8-26-9-7-12)18(25)20-14-4-5-15(19)16(10-14)24-17(13-2-3-13)21-22-23-24/h4-5,10-13H,2-3,6-9H2,1H3,(H,20,25). The highest BCUT2D eigenvalue weighted by Crippen LogP contribution is 2.40. The zero-order chi connectivity index (χ0) is 18.1. The van der Waals surface area contributed by atoms with E-state index in [0.717, 1.165) is 44.7 Å². The van der Waals surface area contributed by atoms with Crippen molar-refractivity contribution in [2.45, 2.75) is 38.5 Å². The molecule has 1 saturated carbocycles. The van der Waals surface area contributed by atoms with Crippen molar-refractivity contribution in [2.75, 3.05) is 18.5 Å². The summed E-state index contributed by atoms with van der Waals surface area (Å²) in [7, 11) is 0. The molecule has 1 unspecified atom stereocenters. The lowest BCUT2D eigenvalue weighted by Gasteiger charge is -2.27. The summed E-state index contributed by atoms with van der Waals surface area (Å²) in [6.07, 6.45) is 4.04. The second kappa shape index (κ2) is 7.32. The first-order chi connectivity index (χ1) is 12.6. The van der Waals surface area contributed by atoms with Crippen molar-refractivity contribution in [3.63, 3.8) is 0 Å². The van der Waals surface area contributed by atoms with Crippen LogP contribution in [-0.4, -0.2) is 39.3 Å². The molecule has 4 rings (SSSR count). The first-order valence-electron chi connectivity index (χ1n) is 9.10. The van der Waals surface area contributed by atoms with Crippen LogP contribution < -0.4 is 5.32 Å². The zero-order valence-electron chi connectivity index (χ0n) is 14.7. The van der Waals surface area contributed by atoms with Crippen LogP contribution in [0.25, 0.3) is 5.69 Å². The summed E-state index contributed by atoms with van der Waals surface area (Å²) in [5.41, 5.74) is 1.39. The lowest BCUT2D eigenvalue weighted by atomic mass is 9.87. The summed E-state index contributed by atoms with van der Waals surface area (Å²) in [6.45, 7) is 3.45. The molecule has 1 aromatic heterocycles. The van der Waals surface area contributed by atoms with Crippen molar-refractivity contribution in [1.82, 2.24) is 20.2 Å². The number of benzene rings is 1. The Morgan fingerprint density at radius 1 is 1.31 bits per heavy atom. The number of tetrazole rings is 1. The average Bonchev–Trinajstić information content (AvgIpc) is 3.40. The summed E-state index contributed by atoms with van der Waals surface area (Å²) < 4.78 is 7.06. The van der Waals surface area contributed by atoms with E-state index in [0.29, 0.717) is 28.2 Å². The van der Waals surface area contributed by atoms with Gasteiger partial charge in [0.25, 0.3) is 0 Å². The highest BCUT2D eigenvalue weighted by atomic mass is 35.5. The molecule has 7 nitrogen and oxygen atoms in total. The highest BCUT2D eigenvalue weighted by Gasteiger charge is 2.31. The van der Waals surface area contributed by atoms with Gasteiger partial charge in [0.05, 0.1) is 10.7 Å². The van der Waals surface area contributed by atoms with Gasteiger partial charge >= 0.3 is 0 Å².